The highest BCUT2D eigenvalue weighted by atomic mass is 32.2. The van der Waals surface area contributed by atoms with E-state index in [0.29, 0.717) is 10.5 Å². The van der Waals surface area contributed by atoms with Gasteiger partial charge in [-0.05, 0) is 24.3 Å². The van der Waals surface area contributed by atoms with Crippen molar-refractivity contribution in [3.63, 3.8) is 0 Å². The monoisotopic (exact) mass is 268 g/mol. The Kier molecular flexibility index (Phi) is 3.57. The predicted molar refractivity (Wildman–Crippen MR) is 62.2 cm³/mol. The Bertz CT molecular complexity index is 606. The second kappa shape index (κ2) is 5.14. The first-order valence-electron chi connectivity index (χ1n) is 5.01. The molecule has 1 atom stereocenters. The zero-order valence-corrected chi connectivity index (χ0v) is 9.95. The number of aromatic carboxylic acids is 1. The van der Waals surface area contributed by atoms with Gasteiger partial charge in [0.2, 0.25) is 5.76 Å². The fourth-order valence-corrected chi connectivity index (χ4v) is 2.62. The maximum Gasteiger partial charge on any atom is 0.372 e. The van der Waals surface area contributed by atoms with E-state index in [1.807, 2.05) is 0 Å². The lowest BCUT2D eigenvalue weighted by atomic mass is 10.3. The summed E-state index contributed by atoms with van der Waals surface area (Å²) in [6, 6.07) is 6.84. The van der Waals surface area contributed by atoms with Crippen molar-refractivity contribution in [1.29, 1.82) is 0 Å². The summed E-state index contributed by atoms with van der Waals surface area (Å²) in [4.78, 5) is 11.1. The van der Waals surface area contributed by atoms with Gasteiger partial charge in [0.1, 0.15) is 5.82 Å². The lowest BCUT2D eigenvalue weighted by Crippen LogP contribution is -2.02. The number of carboxylic acid groups (broad SMARTS) is 1. The van der Waals surface area contributed by atoms with Crippen molar-refractivity contribution in [2.75, 3.05) is 0 Å². The molecule has 0 saturated heterocycles. The van der Waals surface area contributed by atoms with Gasteiger partial charge in [-0.25, -0.2) is 9.18 Å². The minimum absolute atomic E-state index is 0.0262. The van der Waals surface area contributed by atoms with Gasteiger partial charge in [-0.15, -0.1) is 0 Å². The van der Waals surface area contributed by atoms with Gasteiger partial charge in [0, 0.05) is 10.5 Å². The number of rotatable bonds is 4. The molecule has 0 saturated carbocycles. The van der Waals surface area contributed by atoms with Gasteiger partial charge in [-0.3, -0.25) is 4.21 Å². The Morgan fingerprint density at radius 1 is 1.39 bits per heavy atom. The third kappa shape index (κ3) is 2.65. The predicted octanol–water partition coefficient (Wildman–Crippen LogP) is 2.42. The Morgan fingerprint density at radius 2 is 2.17 bits per heavy atom. The van der Waals surface area contributed by atoms with Gasteiger partial charge in [0.05, 0.1) is 22.8 Å². The average Bonchev–Trinajstić information content (AvgIpc) is 2.77. The molecule has 1 unspecified atom stereocenters. The van der Waals surface area contributed by atoms with Crippen LogP contribution in [0.25, 0.3) is 0 Å². The van der Waals surface area contributed by atoms with E-state index >= 15 is 0 Å². The van der Waals surface area contributed by atoms with Crippen LogP contribution in [0.15, 0.2) is 45.9 Å². The molecule has 6 heteroatoms. The van der Waals surface area contributed by atoms with Crippen LogP contribution >= 0.6 is 0 Å². The summed E-state index contributed by atoms with van der Waals surface area (Å²) in [5.74, 6) is -1.96. The number of halogens is 1. The molecule has 0 aliphatic heterocycles. The van der Waals surface area contributed by atoms with Crippen molar-refractivity contribution in [2.45, 2.75) is 10.6 Å². The highest BCUT2D eigenvalue weighted by Gasteiger charge is 2.16. The molecule has 0 aliphatic carbocycles. The quantitative estimate of drug-likeness (QED) is 0.924. The Morgan fingerprint density at radius 3 is 2.83 bits per heavy atom. The van der Waals surface area contributed by atoms with E-state index < -0.39 is 22.6 Å². The smallest absolute Gasteiger partial charge is 0.372 e. The first-order valence-corrected chi connectivity index (χ1v) is 6.33. The Balaban J connectivity index is 2.21. The number of carbonyl (C=O) groups is 1. The molecule has 0 bridgehead atoms. The molecule has 94 valence electrons. The molecule has 0 spiro atoms. The number of hydrogen-bond acceptors (Lipinski definition) is 3. The highest BCUT2D eigenvalue weighted by molar-refractivity contribution is 7.84. The maximum absolute atomic E-state index is 13.0. The SMILES string of the molecule is O=C(O)c1occc1CS(=O)c1cccc(F)c1. The van der Waals surface area contributed by atoms with E-state index in [1.54, 1.807) is 0 Å². The first kappa shape index (κ1) is 12.5. The summed E-state index contributed by atoms with van der Waals surface area (Å²) in [6.07, 6.45) is 1.22. The summed E-state index contributed by atoms with van der Waals surface area (Å²) in [7, 11) is -1.51. The highest BCUT2D eigenvalue weighted by Crippen LogP contribution is 2.17. The van der Waals surface area contributed by atoms with Gasteiger partial charge < -0.3 is 9.52 Å². The van der Waals surface area contributed by atoms with E-state index in [1.165, 1.54) is 30.5 Å². The molecular formula is C12H9FO4S. The van der Waals surface area contributed by atoms with Crippen LogP contribution in [0.2, 0.25) is 0 Å². The minimum Gasteiger partial charge on any atom is -0.475 e. The summed E-state index contributed by atoms with van der Waals surface area (Å²) in [5, 5.41) is 8.83. The molecule has 1 heterocycles. The normalized spacial score (nSPS) is 12.3. The van der Waals surface area contributed by atoms with Crippen LogP contribution in [0.1, 0.15) is 16.1 Å². The van der Waals surface area contributed by atoms with Crippen molar-refractivity contribution in [1.82, 2.24) is 0 Å². The molecule has 0 radical (unpaired) electrons. The lowest BCUT2D eigenvalue weighted by molar-refractivity contribution is 0.0661. The maximum atomic E-state index is 13.0. The number of carboxylic acids is 1. The zero-order chi connectivity index (χ0) is 13.1. The van der Waals surface area contributed by atoms with Gasteiger partial charge in [0.25, 0.3) is 0 Å². The second-order valence-electron chi connectivity index (χ2n) is 3.53. The zero-order valence-electron chi connectivity index (χ0n) is 9.13. The van der Waals surface area contributed by atoms with Gasteiger partial charge in [-0.2, -0.15) is 0 Å². The van der Waals surface area contributed by atoms with E-state index in [2.05, 4.69) is 0 Å². The van der Waals surface area contributed by atoms with Crippen LogP contribution in [0.4, 0.5) is 4.39 Å². The average molecular weight is 268 g/mol. The third-order valence-electron chi connectivity index (χ3n) is 2.29. The molecule has 0 aliphatic rings. The van der Waals surface area contributed by atoms with E-state index in [4.69, 9.17) is 9.52 Å². The molecule has 2 aromatic rings. The lowest BCUT2D eigenvalue weighted by Gasteiger charge is -2.01. The fraction of sp³-hybridized carbons (Fsp3) is 0.0833. The molecule has 4 nitrogen and oxygen atoms in total. The summed E-state index contributed by atoms with van der Waals surface area (Å²) in [6.45, 7) is 0. The van der Waals surface area contributed by atoms with Crippen molar-refractivity contribution < 1.29 is 22.9 Å². The summed E-state index contributed by atoms with van der Waals surface area (Å²) < 4.78 is 29.7. The molecule has 2 rings (SSSR count). The fourth-order valence-electron chi connectivity index (χ4n) is 1.47. The van der Waals surface area contributed by atoms with Crippen LogP contribution < -0.4 is 0 Å². The standard InChI is InChI=1S/C12H9FO4S/c13-9-2-1-3-10(6-9)18(16)7-8-4-5-17-11(8)12(14)15/h1-6H,7H2,(H,14,15). The van der Waals surface area contributed by atoms with Gasteiger partial charge >= 0.3 is 5.97 Å². The van der Waals surface area contributed by atoms with Crippen molar-refractivity contribution in [2.24, 2.45) is 0 Å². The van der Waals surface area contributed by atoms with E-state index in [9.17, 15) is 13.4 Å². The second-order valence-corrected chi connectivity index (χ2v) is 4.98. The number of hydrogen-bond donors (Lipinski definition) is 1. The van der Waals surface area contributed by atoms with Crippen LogP contribution in [0, 0.1) is 5.82 Å². The molecule has 1 aromatic heterocycles. The Hall–Kier alpha value is -1.95. The molecular weight excluding hydrogens is 259 g/mol. The van der Waals surface area contributed by atoms with Crippen molar-refractivity contribution in [3.05, 3.63) is 53.7 Å². The van der Waals surface area contributed by atoms with Crippen LogP contribution in [0.5, 0.6) is 0 Å². The molecule has 1 aromatic carbocycles. The number of benzene rings is 1. The van der Waals surface area contributed by atoms with Crippen molar-refractivity contribution in [3.8, 4) is 0 Å². The largest absolute Gasteiger partial charge is 0.475 e. The molecule has 0 amide bonds. The summed E-state index contributed by atoms with van der Waals surface area (Å²) in [5.41, 5.74) is 0.324. The van der Waals surface area contributed by atoms with Crippen LogP contribution in [-0.4, -0.2) is 15.3 Å². The van der Waals surface area contributed by atoms with Crippen LogP contribution in [0.3, 0.4) is 0 Å². The van der Waals surface area contributed by atoms with Crippen molar-refractivity contribution >= 4 is 16.8 Å². The van der Waals surface area contributed by atoms with Gasteiger partial charge in [-0.1, -0.05) is 6.07 Å². The third-order valence-corrected chi connectivity index (χ3v) is 3.64. The van der Waals surface area contributed by atoms with Gasteiger partial charge in [0.15, 0.2) is 0 Å². The molecule has 1 N–H and O–H groups in total. The number of furan rings is 1. The minimum atomic E-state index is -1.51. The van der Waals surface area contributed by atoms with E-state index in [0.717, 1.165) is 6.07 Å². The topological polar surface area (TPSA) is 67.5 Å². The summed E-state index contributed by atoms with van der Waals surface area (Å²) >= 11 is 0. The van der Waals surface area contributed by atoms with E-state index in [-0.39, 0.29) is 11.5 Å². The molecule has 18 heavy (non-hydrogen) atoms. The van der Waals surface area contributed by atoms with Crippen LogP contribution in [-0.2, 0) is 16.6 Å². The first-order chi connectivity index (χ1) is 8.58. The Labute approximate surface area is 105 Å². The molecule has 0 fully saturated rings.